The van der Waals surface area contributed by atoms with Gasteiger partial charge >= 0.3 is 12.3 Å². The van der Waals surface area contributed by atoms with E-state index in [4.69, 9.17) is 9.47 Å². The normalized spacial score (nSPS) is 10.8. The Morgan fingerprint density at radius 2 is 1.94 bits per heavy atom. The summed E-state index contributed by atoms with van der Waals surface area (Å²) in [6, 6.07) is 6.70. The Kier molecular flexibility index (Phi) is 8.31. The van der Waals surface area contributed by atoms with Crippen molar-refractivity contribution in [1.29, 1.82) is 5.26 Å². The largest absolute Gasteiger partial charge is 0.497 e. The molecule has 0 aliphatic heterocycles. The molecule has 0 bridgehead atoms. The summed E-state index contributed by atoms with van der Waals surface area (Å²) in [6.45, 7) is 1.58. The van der Waals surface area contributed by atoms with E-state index in [0.717, 1.165) is 6.07 Å². The summed E-state index contributed by atoms with van der Waals surface area (Å²) in [5.41, 5.74) is -1.84. The number of thioether (sulfide) groups is 1. The maximum atomic E-state index is 13.7. The van der Waals surface area contributed by atoms with E-state index >= 15 is 0 Å². The number of methoxy groups -OCH3 is 2. The summed E-state index contributed by atoms with van der Waals surface area (Å²) < 4.78 is 56.0. The molecule has 0 saturated carbocycles. The summed E-state index contributed by atoms with van der Waals surface area (Å²) in [6.07, 6.45) is -5.84. The Labute approximate surface area is 185 Å². The average Bonchev–Trinajstić information content (AvgIpc) is 2.75. The maximum Gasteiger partial charge on any atom is 0.417 e. The van der Waals surface area contributed by atoms with Crippen LogP contribution in [0.15, 0.2) is 29.3 Å². The van der Waals surface area contributed by atoms with E-state index in [2.05, 4.69) is 9.72 Å². The number of alkyl carbamates (subject to hydrolysis) is 1. The van der Waals surface area contributed by atoms with Gasteiger partial charge in [0, 0.05) is 11.6 Å². The van der Waals surface area contributed by atoms with Gasteiger partial charge in [0.1, 0.15) is 22.6 Å². The first-order valence-electron chi connectivity index (χ1n) is 8.98. The first-order chi connectivity index (χ1) is 15.1. The number of nitriles is 1. The number of aromatic nitrogens is 1. The van der Waals surface area contributed by atoms with Gasteiger partial charge in [-0.2, -0.15) is 18.4 Å². The van der Waals surface area contributed by atoms with Crippen molar-refractivity contribution < 1.29 is 37.0 Å². The number of alkyl halides is 3. The van der Waals surface area contributed by atoms with E-state index in [0.29, 0.717) is 17.5 Å². The molecule has 1 heterocycles. The van der Waals surface area contributed by atoms with E-state index in [-0.39, 0.29) is 28.6 Å². The van der Waals surface area contributed by atoms with Gasteiger partial charge in [-0.3, -0.25) is 10.1 Å². The number of carbonyl (C=O) groups is 2. The lowest BCUT2D eigenvalue weighted by Crippen LogP contribution is -2.32. The van der Waals surface area contributed by atoms with Crippen LogP contribution in [0.4, 0.5) is 18.0 Å². The molecule has 0 aliphatic carbocycles. The number of nitrogens with one attached hydrogen (secondary N) is 1. The minimum atomic E-state index is -4.86. The van der Waals surface area contributed by atoms with Gasteiger partial charge in [-0.05, 0) is 25.1 Å². The smallest absolute Gasteiger partial charge is 0.417 e. The number of carbonyl (C=O) groups excluding carboxylic acids is 2. The third-order valence-corrected chi connectivity index (χ3v) is 4.92. The van der Waals surface area contributed by atoms with E-state index in [1.165, 1.54) is 38.5 Å². The first kappa shape index (κ1) is 24.8. The molecule has 0 radical (unpaired) electrons. The van der Waals surface area contributed by atoms with Crippen LogP contribution in [0.5, 0.6) is 11.5 Å². The van der Waals surface area contributed by atoms with Crippen LogP contribution in [0.2, 0.25) is 0 Å². The van der Waals surface area contributed by atoms with Gasteiger partial charge in [0.15, 0.2) is 0 Å². The summed E-state index contributed by atoms with van der Waals surface area (Å²) >= 11 is 0.581. The third-order valence-electron chi connectivity index (χ3n) is 3.95. The highest BCUT2D eigenvalue weighted by molar-refractivity contribution is 8.00. The Morgan fingerprint density at radius 3 is 2.50 bits per heavy atom. The lowest BCUT2D eigenvalue weighted by atomic mass is 10.0. The molecule has 170 valence electrons. The molecule has 0 aliphatic rings. The fraction of sp³-hybridized carbons (Fsp3) is 0.300. The molecule has 0 spiro atoms. The first-order valence-corrected chi connectivity index (χ1v) is 9.97. The molecule has 1 aromatic heterocycles. The van der Waals surface area contributed by atoms with Crippen LogP contribution >= 0.6 is 11.8 Å². The highest BCUT2D eigenvalue weighted by Crippen LogP contribution is 2.40. The monoisotopic (exact) mass is 469 g/mol. The standard InChI is InChI=1S/C20H18F3N3O5S/c1-4-31-19(28)26-17(27)10-32-18-13(9-24)14(20(21,22)23)8-15(25-18)12-6-5-11(29-2)7-16(12)30-3/h5-8H,4,10H2,1-3H3,(H,26,27,28). The third kappa shape index (κ3) is 6.04. The van der Waals surface area contributed by atoms with Crippen LogP contribution < -0.4 is 14.8 Å². The van der Waals surface area contributed by atoms with E-state index in [9.17, 15) is 28.0 Å². The van der Waals surface area contributed by atoms with Gasteiger partial charge < -0.3 is 14.2 Å². The number of halogens is 3. The number of ether oxygens (including phenoxy) is 3. The number of amides is 2. The van der Waals surface area contributed by atoms with Gasteiger partial charge in [0.2, 0.25) is 5.91 Å². The molecular weight excluding hydrogens is 451 g/mol. The molecule has 12 heteroatoms. The lowest BCUT2D eigenvalue weighted by Gasteiger charge is -2.16. The highest BCUT2D eigenvalue weighted by atomic mass is 32.2. The molecule has 2 aromatic rings. The second-order valence-electron chi connectivity index (χ2n) is 5.97. The Bertz CT molecular complexity index is 1050. The number of hydrogen-bond acceptors (Lipinski definition) is 8. The predicted octanol–water partition coefficient (Wildman–Crippen LogP) is 4.02. The molecule has 8 nitrogen and oxygen atoms in total. The minimum absolute atomic E-state index is 0.0348. The fourth-order valence-corrected chi connectivity index (χ4v) is 3.36. The van der Waals surface area contributed by atoms with Crippen LogP contribution in [-0.4, -0.2) is 43.6 Å². The van der Waals surface area contributed by atoms with Gasteiger partial charge in [-0.15, -0.1) is 0 Å². The van der Waals surface area contributed by atoms with Crippen molar-refractivity contribution in [3.8, 4) is 28.8 Å². The number of nitrogens with zero attached hydrogens (tertiary/aromatic N) is 2. The fourth-order valence-electron chi connectivity index (χ4n) is 2.56. The summed E-state index contributed by atoms with van der Waals surface area (Å²) in [5, 5.41) is 11.0. The molecule has 32 heavy (non-hydrogen) atoms. The molecule has 1 aromatic carbocycles. The SMILES string of the molecule is CCOC(=O)NC(=O)CSc1nc(-c2ccc(OC)cc2OC)cc(C(F)(F)F)c1C#N. The van der Waals surface area contributed by atoms with E-state index in [1.54, 1.807) is 6.92 Å². The van der Waals surface area contributed by atoms with Crippen LogP contribution in [0, 0.1) is 11.3 Å². The Balaban J connectivity index is 2.51. The zero-order valence-electron chi connectivity index (χ0n) is 17.2. The van der Waals surface area contributed by atoms with Crippen LogP contribution in [0.3, 0.4) is 0 Å². The molecule has 2 amide bonds. The zero-order chi connectivity index (χ0) is 23.9. The van der Waals surface area contributed by atoms with Crippen molar-refractivity contribution in [3.05, 3.63) is 35.4 Å². The summed E-state index contributed by atoms with van der Waals surface area (Å²) in [7, 11) is 2.76. The molecule has 2 rings (SSSR count). The molecule has 1 N–H and O–H groups in total. The molecule has 0 fully saturated rings. The highest BCUT2D eigenvalue weighted by Gasteiger charge is 2.36. The minimum Gasteiger partial charge on any atom is -0.497 e. The van der Waals surface area contributed by atoms with Gasteiger partial charge in [0.25, 0.3) is 0 Å². The van der Waals surface area contributed by atoms with Crippen LogP contribution in [0.25, 0.3) is 11.3 Å². The van der Waals surface area contributed by atoms with Crippen molar-refractivity contribution in [1.82, 2.24) is 10.3 Å². The van der Waals surface area contributed by atoms with Gasteiger partial charge in [-0.1, -0.05) is 11.8 Å². The molecule has 0 atom stereocenters. The van der Waals surface area contributed by atoms with Crippen molar-refractivity contribution in [2.45, 2.75) is 18.1 Å². The number of hydrogen-bond donors (Lipinski definition) is 1. The Morgan fingerprint density at radius 1 is 1.22 bits per heavy atom. The number of pyridine rings is 1. The van der Waals surface area contributed by atoms with Gasteiger partial charge in [0.05, 0.1) is 43.4 Å². The number of rotatable bonds is 7. The molecule has 0 saturated heterocycles. The quantitative estimate of drug-likeness (QED) is 0.606. The van der Waals surface area contributed by atoms with Crippen molar-refractivity contribution in [2.24, 2.45) is 0 Å². The van der Waals surface area contributed by atoms with Crippen molar-refractivity contribution in [2.75, 3.05) is 26.6 Å². The molecule has 0 unspecified atom stereocenters. The topological polar surface area (TPSA) is 111 Å². The van der Waals surface area contributed by atoms with E-state index in [1.807, 2.05) is 5.32 Å². The second kappa shape index (κ2) is 10.7. The van der Waals surface area contributed by atoms with Crippen molar-refractivity contribution >= 4 is 23.8 Å². The average molecular weight is 469 g/mol. The zero-order valence-corrected chi connectivity index (χ0v) is 18.0. The number of benzene rings is 1. The van der Waals surface area contributed by atoms with E-state index < -0.39 is 35.1 Å². The summed E-state index contributed by atoms with van der Waals surface area (Å²) in [4.78, 5) is 27.4. The number of imide groups is 1. The predicted molar refractivity (Wildman–Crippen MR) is 108 cm³/mol. The summed E-state index contributed by atoms with van der Waals surface area (Å²) in [5.74, 6) is -0.674. The van der Waals surface area contributed by atoms with Crippen molar-refractivity contribution in [3.63, 3.8) is 0 Å². The van der Waals surface area contributed by atoms with Gasteiger partial charge in [-0.25, -0.2) is 9.78 Å². The Hall–Kier alpha value is -3.46. The van der Waals surface area contributed by atoms with Crippen LogP contribution in [-0.2, 0) is 15.7 Å². The molecular formula is C20H18F3N3O5S. The second-order valence-corrected chi connectivity index (χ2v) is 6.93. The maximum absolute atomic E-state index is 13.7. The lowest BCUT2D eigenvalue weighted by molar-refractivity contribution is -0.138. The van der Waals surface area contributed by atoms with Crippen LogP contribution in [0.1, 0.15) is 18.1 Å².